The maximum atomic E-state index is 12.0. The second-order valence-electron chi connectivity index (χ2n) is 4.65. The Bertz CT molecular complexity index is 895. The zero-order valence-electron chi connectivity index (χ0n) is 11.2. The molecule has 0 bridgehead atoms. The van der Waals surface area contributed by atoms with E-state index in [0.29, 0.717) is 22.6 Å². The topological polar surface area (TPSA) is 101 Å². The van der Waals surface area contributed by atoms with Gasteiger partial charge in [-0.15, -0.1) is 0 Å². The summed E-state index contributed by atoms with van der Waals surface area (Å²) in [6.07, 6.45) is 1.63. The molecule has 0 saturated carbocycles. The van der Waals surface area contributed by atoms with E-state index in [-0.39, 0.29) is 17.8 Å². The van der Waals surface area contributed by atoms with E-state index in [4.69, 9.17) is 5.11 Å². The molecule has 0 aliphatic rings. The van der Waals surface area contributed by atoms with Crippen molar-refractivity contribution >= 4 is 17.0 Å². The summed E-state index contributed by atoms with van der Waals surface area (Å²) >= 11 is 0. The molecule has 106 valence electrons. The normalized spacial score (nSPS) is 10.9. The first-order chi connectivity index (χ1) is 10.0. The van der Waals surface area contributed by atoms with Crippen molar-refractivity contribution in [2.24, 2.45) is 0 Å². The van der Waals surface area contributed by atoms with Crippen LogP contribution in [0, 0.1) is 6.92 Å². The van der Waals surface area contributed by atoms with Crippen molar-refractivity contribution < 1.29 is 9.90 Å². The van der Waals surface area contributed by atoms with Gasteiger partial charge in [0, 0.05) is 6.20 Å². The van der Waals surface area contributed by atoms with Gasteiger partial charge in [0.1, 0.15) is 5.82 Å². The van der Waals surface area contributed by atoms with Crippen molar-refractivity contribution in [1.29, 1.82) is 0 Å². The Morgan fingerprint density at radius 3 is 2.90 bits per heavy atom. The van der Waals surface area contributed by atoms with Crippen LogP contribution in [0.4, 0.5) is 0 Å². The van der Waals surface area contributed by atoms with Crippen molar-refractivity contribution in [3.8, 4) is 0 Å². The van der Waals surface area contributed by atoms with Gasteiger partial charge in [0.05, 0.1) is 28.8 Å². The zero-order chi connectivity index (χ0) is 15.0. The first kappa shape index (κ1) is 13.0. The number of carboxylic acid groups (broad SMARTS) is 1. The second-order valence-corrected chi connectivity index (χ2v) is 4.65. The molecule has 2 N–H and O–H groups in total. The number of nitrogens with zero attached hydrogens (tertiary/aromatic N) is 3. The molecule has 0 fully saturated rings. The SMILES string of the molecule is Cc1nccc(Cn2c(=O)[nH]c3ccc(C(=O)O)cc32)n1. The summed E-state index contributed by atoms with van der Waals surface area (Å²) in [6.45, 7) is 2.02. The van der Waals surface area contributed by atoms with Crippen LogP contribution in [0.25, 0.3) is 11.0 Å². The summed E-state index contributed by atoms with van der Waals surface area (Å²) in [5.74, 6) is -0.415. The number of aromatic nitrogens is 4. The molecule has 0 atom stereocenters. The summed E-state index contributed by atoms with van der Waals surface area (Å²) < 4.78 is 1.46. The number of carbonyl (C=O) groups is 1. The summed E-state index contributed by atoms with van der Waals surface area (Å²) in [5.41, 5.74) is 1.65. The van der Waals surface area contributed by atoms with Gasteiger partial charge in [0.25, 0.3) is 0 Å². The maximum absolute atomic E-state index is 12.0. The fourth-order valence-corrected chi connectivity index (χ4v) is 2.20. The third-order valence-corrected chi connectivity index (χ3v) is 3.18. The smallest absolute Gasteiger partial charge is 0.335 e. The highest BCUT2D eigenvalue weighted by Crippen LogP contribution is 2.14. The van der Waals surface area contributed by atoms with E-state index >= 15 is 0 Å². The molecule has 0 aliphatic heterocycles. The minimum absolute atomic E-state index is 0.133. The summed E-state index contributed by atoms with van der Waals surface area (Å²) in [6, 6.07) is 6.24. The van der Waals surface area contributed by atoms with Crippen molar-refractivity contribution in [3.05, 3.63) is 58.0 Å². The lowest BCUT2D eigenvalue weighted by Gasteiger charge is -2.04. The van der Waals surface area contributed by atoms with Gasteiger partial charge in [0.2, 0.25) is 0 Å². The van der Waals surface area contributed by atoms with E-state index < -0.39 is 5.97 Å². The van der Waals surface area contributed by atoms with Crippen LogP contribution in [0.2, 0.25) is 0 Å². The number of benzene rings is 1. The first-order valence-electron chi connectivity index (χ1n) is 6.29. The molecule has 1 aromatic carbocycles. The number of aromatic carboxylic acids is 1. The standard InChI is InChI=1S/C14H12N4O3/c1-8-15-5-4-10(16-8)7-18-12-6-9(13(19)20)2-3-11(12)17-14(18)21/h2-6H,7H2,1H3,(H,17,21)(H,19,20). The molecule has 0 radical (unpaired) electrons. The number of aromatic amines is 1. The van der Waals surface area contributed by atoms with Crippen molar-refractivity contribution in [3.63, 3.8) is 0 Å². The Balaban J connectivity index is 2.12. The summed E-state index contributed by atoms with van der Waals surface area (Å²) in [5, 5.41) is 9.05. The van der Waals surface area contributed by atoms with Gasteiger partial charge in [-0.3, -0.25) is 4.57 Å². The Morgan fingerprint density at radius 2 is 2.19 bits per heavy atom. The number of aryl methyl sites for hydroxylation is 1. The fraction of sp³-hybridized carbons (Fsp3) is 0.143. The molecule has 21 heavy (non-hydrogen) atoms. The van der Waals surface area contributed by atoms with E-state index in [1.54, 1.807) is 25.3 Å². The van der Waals surface area contributed by atoms with E-state index in [2.05, 4.69) is 15.0 Å². The number of carboxylic acids is 1. The Morgan fingerprint density at radius 1 is 1.38 bits per heavy atom. The van der Waals surface area contributed by atoms with Gasteiger partial charge in [-0.1, -0.05) is 0 Å². The average molecular weight is 284 g/mol. The van der Waals surface area contributed by atoms with Crippen LogP contribution in [0.5, 0.6) is 0 Å². The van der Waals surface area contributed by atoms with Gasteiger partial charge < -0.3 is 10.1 Å². The van der Waals surface area contributed by atoms with Gasteiger partial charge in [-0.25, -0.2) is 19.6 Å². The van der Waals surface area contributed by atoms with Crippen molar-refractivity contribution in [2.45, 2.75) is 13.5 Å². The number of nitrogens with one attached hydrogen (secondary N) is 1. The highest BCUT2D eigenvalue weighted by Gasteiger charge is 2.11. The van der Waals surface area contributed by atoms with E-state index in [9.17, 15) is 9.59 Å². The molecule has 3 rings (SSSR count). The van der Waals surface area contributed by atoms with Crippen LogP contribution in [-0.4, -0.2) is 30.6 Å². The van der Waals surface area contributed by atoms with Gasteiger partial charge in [0.15, 0.2) is 0 Å². The zero-order valence-corrected chi connectivity index (χ0v) is 11.2. The van der Waals surface area contributed by atoms with Crippen LogP contribution in [0.15, 0.2) is 35.3 Å². The molecule has 7 heteroatoms. The van der Waals surface area contributed by atoms with Gasteiger partial charge >= 0.3 is 11.7 Å². The molecular weight excluding hydrogens is 272 g/mol. The van der Waals surface area contributed by atoms with Crippen molar-refractivity contribution in [1.82, 2.24) is 19.5 Å². The third-order valence-electron chi connectivity index (χ3n) is 3.18. The molecule has 2 aromatic heterocycles. The molecule has 7 nitrogen and oxygen atoms in total. The monoisotopic (exact) mass is 284 g/mol. The van der Waals surface area contributed by atoms with Gasteiger partial charge in [-0.2, -0.15) is 0 Å². The first-order valence-corrected chi connectivity index (χ1v) is 6.29. The molecular formula is C14H12N4O3. The molecule has 0 saturated heterocycles. The van der Waals surface area contributed by atoms with Crippen molar-refractivity contribution in [2.75, 3.05) is 0 Å². The molecule has 0 unspecified atom stereocenters. The lowest BCUT2D eigenvalue weighted by atomic mass is 10.2. The Hall–Kier alpha value is -2.96. The quantitative estimate of drug-likeness (QED) is 0.752. The lowest BCUT2D eigenvalue weighted by molar-refractivity contribution is 0.0697. The molecule has 0 aliphatic carbocycles. The fourth-order valence-electron chi connectivity index (χ4n) is 2.20. The number of rotatable bonds is 3. The highest BCUT2D eigenvalue weighted by atomic mass is 16.4. The van der Waals surface area contributed by atoms with Crippen LogP contribution in [0.3, 0.4) is 0 Å². The molecule has 0 amide bonds. The Kier molecular flexibility index (Phi) is 3.02. The van der Waals surface area contributed by atoms with Crippen LogP contribution in [-0.2, 0) is 6.54 Å². The summed E-state index contributed by atoms with van der Waals surface area (Å²) in [7, 11) is 0. The number of hydrogen-bond acceptors (Lipinski definition) is 4. The summed E-state index contributed by atoms with van der Waals surface area (Å²) in [4.78, 5) is 34.0. The third kappa shape index (κ3) is 2.40. The van der Waals surface area contributed by atoms with Gasteiger partial charge in [-0.05, 0) is 31.2 Å². The molecule has 3 aromatic rings. The predicted molar refractivity (Wildman–Crippen MR) is 75.4 cm³/mol. The minimum Gasteiger partial charge on any atom is -0.478 e. The molecule has 0 spiro atoms. The molecule has 2 heterocycles. The van der Waals surface area contributed by atoms with E-state index in [0.717, 1.165) is 0 Å². The lowest BCUT2D eigenvalue weighted by Crippen LogP contribution is -2.18. The van der Waals surface area contributed by atoms with E-state index in [1.165, 1.54) is 16.7 Å². The number of H-pyrrole nitrogens is 1. The van der Waals surface area contributed by atoms with Crippen LogP contribution in [0.1, 0.15) is 21.9 Å². The number of fused-ring (bicyclic) bond motifs is 1. The number of hydrogen-bond donors (Lipinski definition) is 2. The minimum atomic E-state index is -1.03. The average Bonchev–Trinajstić information content (AvgIpc) is 2.74. The largest absolute Gasteiger partial charge is 0.478 e. The highest BCUT2D eigenvalue weighted by molar-refractivity contribution is 5.92. The Labute approximate surface area is 118 Å². The van der Waals surface area contributed by atoms with E-state index in [1.807, 2.05) is 0 Å². The van der Waals surface area contributed by atoms with Crippen LogP contribution >= 0.6 is 0 Å². The maximum Gasteiger partial charge on any atom is 0.335 e. The second kappa shape index (κ2) is 4.86. The van der Waals surface area contributed by atoms with Crippen LogP contribution < -0.4 is 5.69 Å². The predicted octanol–water partition coefficient (Wildman–Crippen LogP) is 1.17. The number of imidazole rings is 1.